The summed E-state index contributed by atoms with van der Waals surface area (Å²) >= 11 is 0. The van der Waals surface area contributed by atoms with Crippen LogP contribution in [-0.2, 0) is 9.59 Å². The van der Waals surface area contributed by atoms with Gasteiger partial charge in [-0.15, -0.1) is 0 Å². The van der Waals surface area contributed by atoms with Gasteiger partial charge in [-0.05, 0) is 12.8 Å². The predicted octanol–water partition coefficient (Wildman–Crippen LogP) is 1.08. The Bertz CT molecular complexity index is 186. The van der Waals surface area contributed by atoms with Crippen LogP contribution in [0.25, 0.3) is 0 Å². The van der Waals surface area contributed by atoms with E-state index in [9.17, 15) is 9.59 Å². The number of carboxylic acid groups (broad SMARTS) is 1. The van der Waals surface area contributed by atoms with E-state index in [2.05, 4.69) is 0 Å². The standard InChI is InChI=1S/C8H12O3/c1-2-7(9)5-3-4-6(5)8(10)11/h5-6H,2-4H2,1H3,(H,10,11)/t5-,6-/m1/s1. The van der Waals surface area contributed by atoms with Gasteiger partial charge in [0.15, 0.2) is 0 Å². The first-order valence-corrected chi connectivity index (χ1v) is 3.92. The van der Waals surface area contributed by atoms with E-state index in [1.54, 1.807) is 6.92 Å². The molecule has 0 amide bonds. The average Bonchev–Trinajstić information content (AvgIpc) is 1.83. The monoisotopic (exact) mass is 156 g/mol. The van der Waals surface area contributed by atoms with Crippen LogP contribution in [0, 0.1) is 11.8 Å². The van der Waals surface area contributed by atoms with Crippen LogP contribution in [0.1, 0.15) is 26.2 Å². The molecule has 0 saturated heterocycles. The molecule has 0 aliphatic heterocycles. The lowest BCUT2D eigenvalue weighted by molar-refractivity contribution is -0.152. The van der Waals surface area contributed by atoms with Crippen molar-refractivity contribution in [3.63, 3.8) is 0 Å². The van der Waals surface area contributed by atoms with Gasteiger partial charge < -0.3 is 5.11 Å². The number of carboxylic acids is 1. The average molecular weight is 156 g/mol. The first kappa shape index (κ1) is 8.24. The number of rotatable bonds is 3. The van der Waals surface area contributed by atoms with E-state index in [1.165, 1.54) is 0 Å². The van der Waals surface area contributed by atoms with Crippen LogP contribution in [0.3, 0.4) is 0 Å². The largest absolute Gasteiger partial charge is 0.481 e. The fraction of sp³-hybridized carbons (Fsp3) is 0.750. The highest BCUT2D eigenvalue weighted by Crippen LogP contribution is 2.35. The molecule has 1 fully saturated rings. The molecule has 1 saturated carbocycles. The molecule has 11 heavy (non-hydrogen) atoms. The normalized spacial score (nSPS) is 29.2. The lowest BCUT2D eigenvalue weighted by Crippen LogP contribution is -2.37. The first-order valence-electron chi connectivity index (χ1n) is 3.92. The molecule has 1 aliphatic carbocycles. The molecule has 0 heterocycles. The number of hydrogen-bond donors (Lipinski definition) is 1. The van der Waals surface area contributed by atoms with Crippen molar-refractivity contribution in [2.75, 3.05) is 0 Å². The number of ketones is 1. The second kappa shape index (κ2) is 3.03. The number of carbonyl (C=O) groups is 2. The topological polar surface area (TPSA) is 54.4 Å². The van der Waals surface area contributed by atoms with Crippen molar-refractivity contribution in [2.45, 2.75) is 26.2 Å². The number of Topliss-reactive ketones (excluding diaryl/α,β-unsaturated/α-hetero) is 1. The molecule has 3 heteroatoms. The predicted molar refractivity (Wildman–Crippen MR) is 39.1 cm³/mol. The highest BCUT2D eigenvalue weighted by Gasteiger charge is 2.40. The quantitative estimate of drug-likeness (QED) is 0.665. The molecule has 0 aromatic heterocycles. The van der Waals surface area contributed by atoms with Crippen LogP contribution in [0.5, 0.6) is 0 Å². The Morgan fingerprint density at radius 1 is 1.36 bits per heavy atom. The summed E-state index contributed by atoms with van der Waals surface area (Å²) < 4.78 is 0. The molecule has 0 aromatic rings. The van der Waals surface area contributed by atoms with Crippen molar-refractivity contribution in [3.05, 3.63) is 0 Å². The van der Waals surface area contributed by atoms with Gasteiger partial charge in [-0.3, -0.25) is 9.59 Å². The van der Waals surface area contributed by atoms with Crippen LogP contribution in [0.15, 0.2) is 0 Å². The van der Waals surface area contributed by atoms with E-state index >= 15 is 0 Å². The van der Waals surface area contributed by atoms with E-state index in [1.807, 2.05) is 0 Å². The maximum atomic E-state index is 11.0. The molecular formula is C8H12O3. The Kier molecular flexibility index (Phi) is 2.27. The van der Waals surface area contributed by atoms with Gasteiger partial charge in [0.05, 0.1) is 5.92 Å². The van der Waals surface area contributed by atoms with Gasteiger partial charge in [0.2, 0.25) is 0 Å². The third-order valence-electron chi connectivity index (χ3n) is 2.35. The van der Waals surface area contributed by atoms with Crippen molar-refractivity contribution in [1.29, 1.82) is 0 Å². The molecule has 3 nitrogen and oxygen atoms in total. The second-order valence-corrected chi connectivity index (χ2v) is 2.95. The summed E-state index contributed by atoms with van der Waals surface area (Å²) in [6, 6.07) is 0. The van der Waals surface area contributed by atoms with Crippen molar-refractivity contribution >= 4 is 11.8 Å². The summed E-state index contributed by atoms with van der Waals surface area (Å²) in [6.45, 7) is 1.78. The summed E-state index contributed by atoms with van der Waals surface area (Å²) in [7, 11) is 0. The van der Waals surface area contributed by atoms with Crippen LogP contribution >= 0.6 is 0 Å². The zero-order valence-corrected chi connectivity index (χ0v) is 6.54. The van der Waals surface area contributed by atoms with Gasteiger partial charge in [0, 0.05) is 12.3 Å². The SMILES string of the molecule is CCC(=O)[C@@H]1CC[C@H]1C(=O)O. The van der Waals surface area contributed by atoms with Gasteiger partial charge in [-0.25, -0.2) is 0 Å². The Balaban J connectivity index is 2.49. The minimum absolute atomic E-state index is 0.101. The van der Waals surface area contributed by atoms with E-state index < -0.39 is 5.97 Å². The molecule has 1 aliphatic rings. The van der Waals surface area contributed by atoms with E-state index in [0.717, 1.165) is 6.42 Å². The minimum atomic E-state index is -0.817. The van der Waals surface area contributed by atoms with Crippen molar-refractivity contribution in [1.82, 2.24) is 0 Å². The molecule has 0 aromatic carbocycles. The number of carbonyl (C=O) groups excluding carboxylic acids is 1. The van der Waals surface area contributed by atoms with Gasteiger partial charge >= 0.3 is 5.97 Å². The zero-order valence-electron chi connectivity index (χ0n) is 6.54. The smallest absolute Gasteiger partial charge is 0.307 e. The zero-order chi connectivity index (χ0) is 8.43. The maximum absolute atomic E-state index is 11.0. The highest BCUT2D eigenvalue weighted by atomic mass is 16.4. The summed E-state index contributed by atoms with van der Waals surface area (Å²) in [5, 5.41) is 8.60. The van der Waals surface area contributed by atoms with Crippen molar-refractivity contribution in [3.8, 4) is 0 Å². The Morgan fingerprint density at radius 2 is 1.91 bits per heavy atom. The summed E-state index contributed by atoms with van der Waals surface area (Å²) in [4.78, 5) is 21.5. The lowest BCUT2D eigenvalue weighted by Gasteiger charge is -2.31. The van der Waals surface area contributed by atoms with Crippen LogP contribution < -0.4 is 0 Å². The van der Waals surface area contributed by atoms with E-state index in [-0.39, 0.29) is 17.6 Å². The fourth-order valence-electron chi connectivity index (χ4n) is 1.44. The molecule has 1 rings (SSSR count). The van der Waals surface area contributed by atoms with E-state index in [4.69, 9.17) is 5.11 Å². The van der Waals surface area contributed by atoms with Crippen LogP contribution in [0.4, 0.5) is 0 Å². The second-order valence-electron chi connectivity index (χ2n) is 2.95. The molecule has 0 spiro atoms. The molecule has 0 radical (unpaired) electrons. The highest BCUT2D eigenvalue weighted by molar-refractivity contribution is 5.87. The number of hydrogen-bond acceptors (Lipinski definition) is 2. The van der Waals surface area contributed by atoms with Crippen LogP contribution in [-0.4, -0.2) is 16.9 Å². The fourth-order valence-corrected chi connectivity index (χ4v) is 1.44. The molecule has 0 bridgehead atoms. The van der Waals surface area contributed by atoms with Gasteiger partial charge in [-0.2, -0.15) is 0 Å². The Labute approximate surface area is 65.4 Å². The van der Waals surface area contributed by atoms with Crippen molar-refractivity contribution < 1.29 is 14.7 Å². The minimum Gasteiger partial charge on any atom is -0.481 e. The van der Waals surface area contributed by atoms with Crippen molar-refractivity contribution in [2.24, 2.45) is 11.8 Å². The summed E-state index contributed by atoms with van der Waals surface area (Å²) in [6.07, 6.45) is 1.91. The Morgan fingerprint density at radius 3 is 2.18 bits per heavy atom. The van der Waals surface area contributed by atoms with Gasteiger partial charge in [0.1, 0.15) is 5.78 Å². The van der Waals surface area contributed by atoms with Gasteiger partial charge in [0.25, 0.3) is 0 Å². The molecule has 1 N–H and O–H groups in total. The Hall–Kier alpha value is -0.860. The maximum Gasteiger partial charge on any atom is 0.307 e. The summed E-state index contributed by atoms with van der Waals surface area (Å²) in [5.41, 5.74) is 0. The van der Waals surface area contributed by atoms with Gasteiger partial charge in [-0.1, -0.05) is 6.92 Å². The first-order chi connectivity index (χ1) is 5.16. The molecular weight excluding hydrogens is 144 g/mol. The number of aliphatic carboxylic acids is 1. The molecule has 62 valence electrons. The van der Waals surface area contributed by atoms with E-state index in [0.29, 0.717) is 12.8 Å². The van der Waals surface area contributed by atoms with Crippen LogP contribution in [0.2, 0.25) is 0 Å². The molecule has 0 unspecified atom stereocenters. The summed E-state index contributed by atoms with van der Waals surface area (Å²) in [5.74, 6) is -1.29. The third-order valence-corrected chi connectivity index (χ3v) is 2.35. The third kappa shape index (κ3) is 1.42. The molecule has 2 atom stereocenters. The lowest BCUT2D eigenvalue weighted by atomic mass is 9.71.